The third kappa shape index (κ3) is 3.92. The molecule has 2 aromatic carbocycles. The lowest BCUT2D eigenvalue weighted by Crippen LogP contribution is -2.42. The highest BCUT2D eigenvalue weighted by Crippen LogP contribution is 2.49. The molecule has 0 aromatic heterocycles. The van der Waals surface area contributed by atoms with Crippen LogP contribution >= 0.6 is 0 Å². The maximum atomic E-state index is 12.7. The molecule has 2 aromatic rings. The lowest BCUT2D eigenvalue weighted by atomic mass is 9.68. The minimum absolute atomic E-state index is 0.0489. The number of rotatable bonds is 5. The molecule has 4 rings (SSSR count). The Kier molecular flexibility index (Phi) is 6.11. The molecule has 0 spiro atoms. The molecular weight excluding hydrogens is 404 g/mol. The zero-order valence-electron chi connectivity index (χ0n) is 18.7. The van der Waals surface area contributed by atoms with Gasteiger partial charge in [-0.3, -0.25) is 4.90 Å². The Morgan fingerprint density at radius 2 is 1.84 bits per heavy atom. The van der Waals surface area contributed by atoms with E-state index < -0.39 is 0 Å². The van der Waals surface area contributed by atoms with Crippen LogP contribution in [-0.4, -0.2) is 44.7 Å². The minimum Gasteiger partial charge on any atom is -0.493 e. The van der Waals surface area contributed by atoms with E-state index in [4.69, 9.17) is 19.9 Å². The zero-order valence-corrected chi connectivity index (χ0v) is 18.7. The molecule has 2 atom stereocenters. The molecule has 2 N–H and O–H groups in total. The first-order valence-electron chi connectivity index (χ1n) is 10.7. The Morgan fingerprint density at radius 3 is 2.53 bits per heavy atom. The van der Waals surface area contributed by atoms with E-state index in [2.05, 4.69) is 42.1 Å². The largest absolute Gasteiger partial charge is 0.493 e. The molecule has 0 bridgehead atoms. The van der Waals surface area contributed by atoms with Gasteiger partial charge in [0, 0.05) is 29.5 Å². The molecule has 32 heavy (non-hydrogen) atoms. The minimum atomic E-state index is -0.359. The van der Waals surface area contributed by atoms with Crippen molar-refractivity contribution in [2.75, 3.05) is 27.8 Å². The number of hydrogen-bond acceptors (Lipinski definition) is 6. The van der Waals surface area contributed by atoms with Crippen molar-refractivity contribution in [2.45, 2.75) is 30.7 Å². The number of methoxy groups -OCH3 is 2. The summed E-state index contributed by atoms with van der Waals surface area (Å²) in [5.74, 6) is 4.58. The van der Waals surface area contributed by atoms with Crippen LogP contribution in [0, 0.1) is 12.0 Å². The summed E-state index contributed by atoms with van der Waals surface area (Å²) in [4.78, 5) is 15.0. The molecule has 6 nitrogen and oxygen atoms in total. The molecule has 2 aliphatic rings. The average Bonchev–Trinajstić information content (AvgIpc) is 3.16. The van der Waals surface area contributed by atoms with Gasteiger partial charge in [0.05, 0.1) is 19.8 Å². The van der Waals surface area contributed by atoms with Crippen molar-refractivity contribution in [2.24, 2.45) is 5.73 Å². The Labute approximate surface area is 188 Å². The van der Waals surface area contributed by atoms with Crippen LogP contribution in [0.2, 0.25) is 0 Å². The van der Waals surface area contributed by atoms with Gasteiger partial charge in [-0.2, -0.15) is 0 Å². The predicted molar refractivity (Wildman–Crippen MR) is 122 cm³/mol. The Bertz CT molecular complexity index is 1100. The normalized spacial score (nSPS) is 22.2. The summed E-state index contributed by atoms with van der Waals surface area (Å²) in [6.07, 6.45) is 4.73. The van der Waals surface area contributed by atoms with Gasteiger partial charge in [0.15, 0.2) is 11.5 Å². The second-order valence-electron chi connectivity index (χ2n) is 8.27. The molecule has 0 saturated carbocycles. The molecule has 0 radical (unpaired) electrons. The maximum absolute atomic E-state index is 12.7. The van der Waals surface area contributed by atoms with Crippen molar-refractivity contribution in [3.05, 3.63) is 71.0 Å². The Morgan fingerprint density at radius 1 is 1.09 bits per heavy atom. The first kappa shape index (κ1) is 21.8. The Hall–Kier alpha value is -3.43. The van der Waals surface area contributed by atoms with Crippen molar-refractivity contribution in [3.63, 3.8) is 0 Å². The number of fused-ring (bicyclic) bond motifs is 1. The maximum Gasteiger partial charge on any atom is 0.343 e. The lowest BCUT2D eigenvalue weighted by Gasteiger charge is -2.40. The van der Waals surface area contributed by atoms with Gasteiger partial charge in [0.2, 0.25) is 0 Å². The fraction of sp³-hybridized carbons (Fsp3) is 0.346. The molecule has 1 aliphatic carbocycles. The van der Waals surface area contributed by atoms with E-state index in [1.807, 2.05) is 6.07 Å². The summed E-state index contributed by atoms with van der Waals surface area (Å²) in [5.41, 5.74) is 7.67. The van der Waals surface area contributed by atoms with Crippen LogP contribution in [0.25, 0.3) is 0 Å². The smallest absolute Gasteiger partial charge is 0.343 e. The van der Waals surface area contributed by atoms with Crippen LogP contribution in [0.3, 0.4) is 0 Å². The molecule has 0 amide bonds. The van der Waals surface area contributed by atoms with Gasteiger partial charge < -0.3 is 19.9 Å². The number of ether oxygens (including phenoxy) is 3. The lowest BCUT2D eigenvalue weighted by molar-refractivity contribution is 0.0593. The number of likely N-dealkylation sites (N-methyl/N-ethyl adjacent to an activating group) is 1. The second kappa shape index (κ2) is 8.97. The molecule has 1 aliphatic heterocycles. The highest BCUT2D eigenvalue weighted by atomic mass is 16.5. The monoisotopic (exact) mass is 432 g/mol. The van der Waals surface area contributed by atoms with Crippen LogP contribution in [0.4, 0.5) is 0 Å². The van der Waals surface area contributed by atoms with Crippen LogP contribution in [0.15, 0.2) is 54.3 Å². The van der Waals surface area contributed by atoms with E-state index in [0.717, 1.165) is 42.2 Å². The number of nitrogens with zero attached hydrogens (tertiary/aromatic N) is 1. The standard InChI is InChI=1S/C26H28N2O4/c1-28-15-13-26(20-8-9-22(30-2)23(16-20)31-3)12-10-21(17-24(26)28)32-25(29)19-6-4-18(5-7-19)11-14-27/h4-9,16-17,24H,10,12-13,15,27H2,1-3H3. The van der Waals surface area contributed by atoms with Crippen molar-refractivity contribution < 1.29 is 19.0 Å². The third-order valence-corrected chi connectivity index (χ3v) is 6.63. The number of carbonyl (C=O) groups is 1. The van der Waals surface area contributed by atoms with Gasteiger partial charge in [0.1, 0.15) is 5.76 Å². The Balaban J connectivity index is 1.58. The van der Waals surface area contributed by atoms with Gasteiger partial charge in [-0.05, 0) is 80.4 Å². The highest BCUT2D eigenvalue weighted by molar-refractivity contribution is 5.90. The van der Waals surface area contributed by atoms with Crippen LogP contribution in [0.5, 0.6) is 11.5 Å². The average molecular weight is 433 g/mol. The summed E-state index contributed by atoms with van der Waals surface area (Å²) in [5, 5.41) is 0. The van der Waals surface area contributed by atoms with E-state index >= 15 is 0 Å². The van der Waals surface area contributed by atoms with Gasteiger partial charge in [-0.25, -0.2) is 4.79 Å². The first-order chi connectivity index (χ1) is 15.5. The van der Waals surface area contributed by atoms with E-state index in [0.29, 0.717) is 12.0 Å². The van der Waals surface area contributed by atoms with Gasteiger partial charge in [0.25, 0.3) is 0 Å². The number of allylic oxidation sites excluding steroid dienone is 1. The van der Waals surface area contributed by atoms with E-state index in [1.54, 1.807) is 38.5 Å². The van der Waals surface area contributed by atoms with Crippen LogP contribution < -0.4 is 15.2 Å². The fourth-order valence-corrected chi connectivity index (χ4v) is 4.89. The van der Waals surface area contributed by atoms with Crippen LogP contribution in [-0.2, 0) is 10.2 Å². The number of nitrogens with two attached hydrogens (primary N) is 1. The molecule has 1 heterocycles. The van der Waals surface area contributed by atoms with Gasteiger partial charge in [-0.15, -0.1) is 0 Å². The molecule has 166 valence electrons. The number of hydrogen-bond donors (Lipinski definition) is 1. The number of benzene rings is 2. The summed E-state index contributed by atoms with van der Waals surface area (Å²) in [6.45, 7) is 0.973. The second-order valence-corrected chi connectivity index (χ2v) is 8.27. The number of esters is 1. The van der Waals surface area contributed by atoms with Crippen molar-refractivity contribution in [3.8, 4) is 23.5 Å². The van der Waals surface area contributed by atoms with Crippen molar-refractivity contribution >= 4 is 5.97 Å². The van der Waals surface area contributed by atoms with Crippen molar-refractivity contribution in [1.29, 1.82) is 0 Å². The topological polar surface area (TPSA) is 74.0 Å². The van der Waals surface area contributed by atoms with Crippen molar-refractivity contribution in [1.82, 2.24) is 4.90 Å². The summed E-state index contributed by atoms with van der Waals surface area (Å²) >= 11 is 0. The molecule has 6 heteroatoms. The van der Waals surface area contributed by atoms with E-state index in [1.165, 1.54) is 5.56 Å². The quantitative estimate of drug-likeness (QED) is 0.443. The van der Waals surface area contributed by atoms with Gasteiger partial charge in [-0.1, -0.05) is 6.07 Å². The molecule has 1 fully saturated rings. The summed E-state index contributed by atoms with van der Waals surface area (Å²) in [7, 11) is 5.42. The molecule has 2 unspecified atom stereocenters. The predicted octanol–water partition coefficient (Wildman–Crippen LogP) is 3.45. The summed E-state index contributed by atoms with van der Waals surface area (Å²) in [6, 6.07) is 15.6. The third-order valence-electron chi connectivity index (χ3n) is 6.63. The van der Waals surface area contributed by atoms with Gasteiger partial charge >= 0.3 is 5.97 Å². The SMILES string of the molecule is COc1ccc(C23CCC(OC(=O)c4ccc(C#CN)cc4)=CC2N(C)CC3)cc1OC. The first-order valence-corrected chi connectivity index (χ1v) is 10.7. The van der Waals surface area contributed by atoms with E-state index in [-0.39, 0.29) is 17.4 Å². The van der Waals surface area contributed by atoms with Crippen LogP contribution in [0.1, 0.15) is 40.7 Å². The molecular formula is C26H28N2O4. The number of carbonyl (C=O) groups excluding carboxylic acids is 1. The zero-order chi connectivity index (χ0) is 22.7. The highest BCUT2D eigenvalue weighted by Gasteiger charge is 2.48. The molecule has 1 saturated heterocycles. The van der Waals surface area contributed by atoms with E-state index in [9.17, 15) is 4.79 Å². The number of likely N-dealkylation sites (tertiary alicyclic amines) is 1. The summed E-state index contributed by atoms with van der Waals surface area (Å²) < 4.78 is 16.7. The fourth-order valence-electron chi connectivity index (χ4n) is 4.89.